The van der Waals surface area contributed by atoms with Crippen LogP contribution in [0.15, 0.2) is 34.8 Å². The van der Waals surface area contributed by atoms with E-state index < -0.39 is 0 Å². The van der Waals surface area contributed by atoms with Crippen molar-refractivity contribution in [3.8, 4) is 5.75 Å². The Labute approximate surface area is 98.4 Å². The van der Waals surface area contributed by atoms with Crippen molar-refractivity contribution in [2.75, 3.05) is 7.11 Å². The van der Waals surface area contributed by atoms with Crippen LogP contribution in [-0.2, 0) is 0 Å². The highest BCUT2D eigenvalue weighted by Crippen LogP contribution is 2.14. The molecule has 0 atom stereocenters. The zero-order valence-corrected chi connectivity index (χ0v) is 9.68. The molecular weight excluding hydrogens is 235 g/mol. The first kappa shape index (κ1) is 12.1. The van der Waals surface area contributed by atoms with Crippen LogP contribution < -0.4 is 4.74 Å². The minimum absolute atomic E-state index is 0.0311. The van der Waals surface area contributed by atoms with E-state index >= 15 is 0 Å². The summed E-state index contributed by atoms with van der Waals surface area (Å²) in [4.78, 5) is 11.5. The number of halogens is 2. The smallest absolute Gasteiger partial charge is 0.166 e. The number of carbonyl (C=O) groups excluding carboxylic acids is 1. The largest absolute Gasteiger partial charge is 0.497 e. The molecule has 0 aliphatic carbocycles. The van der Waals surface area contributed by atoms with E-state index in [0.29, 0.717) is 5.56 Å². The van der Waals surface area contributed by atoms with Gasteiger partial charge in [-0.1, -0.05) is 23.2 Å². The summed E-state index contributed by atoms with van der Waals surface area (Å²) in [5.41, 5.74) is 0.613. The normalized spacial score (nSPS) is 9.53. The third-order valence-corrected chi connectivity index (χ3v) is 2.16. The summed E-state index contributed by atoms with van der Waals surface area (Å²) in [6.07, 6.45) is 1.67. The van der Waals surface area contributed by atoms with Gasteiger partial charge in [-0.3, -0.25) is 4.79 Å². The second-order valence-electron chi connectivity index (χ2n) is 2.85. The molecule has 0 spiro atoms. The first-order valence-corrected chi connectivity index (χ1v) is 5.07. The molecule has 0 saturated heterocycles. The molecule has 15 heavy (non-hydrogen) atoms. The first-order valence-electron chi connectivity index (χ1n) is 4.32. The van der Waals surface area contributed by atoms with Crippen LogP contribution in [0.2, 0.25) is 0 Å². The van der Waals surface area contributed by atoms with E-state index in [1.54, 1.807) is 31.4 Å². The minimum atomic E-state index is -0.0311. The maximum Gasteiger partial charge on any atom is 0.166 e. The topological polar surface area (TPSA) is 26.3 Å². The molecule has 1 aromatic carbocycles. The van der Waals surface area contributed by atoms with Crippen LogP contribution >= 0.6 is 23.2 Å². The van der Waals surface area contributed by atoms with Gasteiger partial charge < -0.3 is 4.74 Å². The van der Waals surface area contributed by atoms with Gasteiger partial charge in [0.2, 0.25) is 0 Å². The van der Waals surface area contributed by atoms with Crippen LogP contribution in [0.25, 0.3) is 0 Å². The minimum Gasteiger partial charge on any atom is -0.497 e. The van der Waals surface area contributed by atoms with E-state index in [2.05, 4.69) is 0 Å². The van der Waals surface area contributed by atoms with Gasteiger partial charge in [-0.25, -0.2) is 0 Å². The number of ketones is 1. The Balaban J connectivity index is 2.70. The molecule has 0 aliphatic heterocycles. The van der Waals surface area contributed by atoms with Crippen molar-refractivity contribution >= 4 is 29.0 Å². The molecule has 2 nitrogen and oxygen atoms in total. The second kappa shape index (κ2) is 5.79. The van der Waals surface area contributed by atoms with Crippen molar-refractivity contribution in [1.82, 2.24) is 0 Å². The molecule has 80 valence electrons. The van der Waals surface area contributed by atoms with E-state index in [1.165, 1.54) is 6.08 Å². The average Bonchev–Trinajstić information content (AvgIpc) is 2.26. The second-order valence-corrected chi connectivity index (χ2v) is 3.86. The van der Waals surface area contributed by atoms with E-state index in [1.807, 2.05) is 0 Å². The Morgan fingerprint density at radius 3 is 2.40 bits per heavy atom. The van der Waals surface area contributed by atoms with Crippen LogP contribution in [0.3, 0.4) is 0 Å². The van der Waals surface area contributed by atoms with E-state index in [-0.39, 0.29) is 16.7 Å². The van der Waals surface area contributed by atoms with Gasteiger partial charge in [0.05, 0.1) is 7.11 Å². The molecule has 0 N–H and O–H groups in total. The summed E-state index contributed by atoms with van der Waals surface area (Å²) in [5.74, 6) is 0.689. The van der Waals surface area contributed by atoms with Crippen molar-refractivity contribution in [3.63, 3.8) is 0 Å². The van der Waals surface area contributed by atoms with Crippen LogP contribution in [0.5, 0.6) is 5.75 Å². The number of hydrogen-bond donors (Lipinski definition) is 0. The molecule has 0 saturated carbocycles. The van der Waals surface area contributed by atoms with Crippen LogP contribution in [0.4, 0.5) is 0 Å². The summed E-state index contributed by atoms with van der Waals surface area (Å²) in [5, 5.41) is 0. The molecule has 0 heterocycles. The molecule has 0 amide bonds. The number of benzene rings is 1. The molecule has 0 aromatic heterocycles. The lowest BCUT2D eigenvalue weighted by Crippen LogP contribution is -1.96. The molecule has 1 rings (SSSR count). The van der Waals surface area contributed by atoms with Gasteiger partial charge in [0.15, 0.2) is 5.78 Å². The Hall–Kier alpha value is -0.990. The number of carbonyl (C=O) groups is 1. The number of allylic oxidation sites excluding steroid dienone is 1. The highest BCUT2D eigenvalue weighted by Gasteiger charge is 2.04. The molecule has 0 fully saturated rings. The highest BCUT2D eigenvalue weighted by molar-refractivity contribution is 6.55. The van der Waals surface area contributed by atoms with Crippen LogP contribution in [0, 0.1) is 0 Å². The Morgan fingerprint density at radius 2 is 1.93 bits per heavy atom. The maximum absolute atomic E-state index is 11.5. The summed E-state index contributed by atoms with van der Waals surface area (Å²) >= 11 is 10.8. The number of rotatable bonds is 4. The standard InChI is InChI=1S/C11H10Cl2O2/c1-15-9-4-2-8(3-5-9)10(14)6-7-11(12)13/h2-5,7H,6H2,1H3. The zero-order valence-electron chi connectivity index (χ0n) is 8.17. The van der Waals surface area contributed by atoms with Crippen LogP contribution in [-0.4, -0.2) is 12.9 Å². The maximum atomic E-state index is 11.5. The van der Waals surface area contributed by atoms with Crippen molar-refractivity contribution in [2.24, 2.45) is 0 Å². The molecule has 0 bridgehead atoms. The molecule has 0 unspecified atom stereocenters. The van der Waals surface area contributed by atoms with Gasteiger partial charge in [-0.05, 0) is 30.3 Å². The first-order chi connectivity index (χ1) is 7.13. The molecule has 0 radical (unpaired) electrons. The van der Waals surface area contributed by atoms with E-state index in [9.17, 15) is 4.79 Å². The Morgan fingerprint density at radius 1 is 1.33 bits per heavy atom. The fourth-order valence-electron chi connectivity index (χ4n) is 1.06. The van der Waals surface area contributed by atoms with Crippen LogP contribution in [0.1, 0.15) is 16.8 Å². The average molecular weight is 245 g/mol. The van der Waals surface area contributed by atoms with Crippen molar-refractivity contribution in [2.45, 2.75) is 6.42 Å². The number of Topliss-reactive ketones (excluding diaryl/α,β-unsaturated/α-hetero) is 1. The van der Waals surface area contributed by atoms with Crippen molar-refractivity contribution in [3.05, 3.63) is 40.4 Å². The van der Waals surface area contributed by atoms with Gasteiger partial charge in [0, 0.05) is 12.0 Å². The third kappa shape index (κ3) is 3.94. The van der Waals surface area contributed by atoms with Gasteiger partial charge in [-0.15, -0.1) is 0 Å². The van der Waals surface area contributed by atoms with Gasteiger partial charge >= 0.3 is 0 Å². The highest BCUT2D eigenvalue weighted by atomic mass is 35.5. The quantitative estimate of drug-likeness (QED) is 0.757. The fraction of sp³-hybridized carbons (Fsp3) is 0.182. The van der Waals surface area contributed by atoms with E-state index in [4.69, 9.17) is 27.9 Å². The lowest BCUT2D eigenvalue weighted by atomic mass is 10.1. The van der Waals surface area contributed by atoms with Gasteiger partial charge in [0.1, 0.15) is 10.2 Å². The SMILES string of the molecule is COc1ccc(C(=O)CC=C(Cl)Cl)cc1. The zero-order chi connectivity index (χ0) is 11.3. The lowest BCUT2D eigenvalue weighted by molar-refractivity contribution is 0.0996. The summed E-state index contributed by atoms with van der Waals surface area (Å²) < 4.78 is 5.09. The summed E-state index contributed by atoms with van der Waals surface area (Å²) in [7, 11) is 1.58. The van der Waals surface area contributed by atoms with Crippen molar-refractivity contribution in [1.29, 1.82) is 0 Å². The third-order valence-electron chi connectivity index (χ3n) is 1.85. The molecule has 4 heteroatoms. The van der Waals surface area contributed by atoms with E-state index in [0.717, 1.165) is 5.75 Å². The predicted octanol–water partition coefficient (Wildman–Crippen LogP) is 3.59. The predicted molar refractivity (Wildman–Crippen MR) is 61.7 cm³/mol. The summed E-state index contributed by atoms with van der Waals surface area (Å²) in [6.45, 7) is 0. The molecule has 1 aromatic rings. The molecule has 0 aliphatic rings. The number of ether oxygens (including phenoxy) is 1. The number of methoxy groups -OCH3 is 1. The van der Waals surface area contributed by atoms with Gasteiger partial charge in [0.25, 0.3) is 0 Å². The van der Waals surface area contributed by atoms with Crippen molar-refractivity contribution < 1.29 is 9.53 Å². The number of hydrogen-bond acceptors (Lipinski definition) is 2. The fourth-order valence-corrected chi connectivity index (χ4v) is 1.22. The Bertz CT molecular complexity index is 365. The molecular formula is C11H10Cl2O2. The Kier molecular flexibility index (Phi) is 4.66. The lowest BCUT2D eigenvalue weighted by Gasteiger charge is -2.00. The van der Waals surface area contributed by atoms with Gasteiger partial charge in [-0.2, -0.15) is 0 Å². The summed E-state index contributed by atoms with van der Waals surface area (Å²) in [6, 6.07) is 6.88. The monoisotopic (exact) mass is 244 g/mol.